The summed E-state index contributed by atoms with van der Waals surface area (Å²) in [4.78, 5) is 2.44. The van der Waals surface area contributed by atoms with Gasteiger partial charge in [-0.1, -0.05) is 0 Å². The molecule has 1 saturated heterocycles. The van der Waals surface area contributed by atoms with E-state index in [-0.39, 0.29) is 5.54 Å². The van der Waals surface area contributed by atoms with Crippen LogP contribution >= 0.6 is 10.8 Å². The molecule has 0 bridgehead atoms. The Hall–Kier alpha value is 0.190. The minimum atomic E-state index is -1.98. The average Bonchev–Trinajstić information content (AvgIpc) is 2.17. The second-order valence-electron chi connectivity index (χ2n) is 5.02. The van der Waals surface area contributed by atoms with Gasteiger partial charge in [0.1, 0.15) is 0 Å². The van der Waals surface area contributed by atoms with Gasteiger partial charge in [-0.15, -0.1) is 10.8 Å². The Morgan fingerprint density at radius 3 is 1.93 bits per heavy atom. The Kier molecular flexibility index (Phi) is 4.06. The Morgan fingerprint density at radius 1 is 1.13 bits per heavy atom. The van der Waals surface area contributed by atoms with E-state index in [1.54, 1.807) is 13.4 Å². The molecule has 1 unspecified atom stereocenters. The first-order valence-corrected chi connectivity index (χ1v) is 7.22. The second kappa shape index (κ2) is 4.59. The van der Waals surface area contributed by atoms with Gasteiger partial charge in [0.2, 0.25) is 0 Å². The lowest BCUT2D eigenvalue weighted by molar-refractivity contribution is 0.0876. The fourth-order valence-electron chi connectivity index (χ4n) is 1.80. The maximum absolute atomic E-state index is 10.0. The van der Waals surface area contributed by atoms with Crippen LogP contribution in [0, 0.1) is 0 Å². The van der Waals surface area contributed by atoms with Crippen molar-refractivity contribution in [1.29, 1.82) is 0 Å². The van der Waals surface area contributed by atoms with Crippen molar-refractivity contribution in [2.24, 2.45) is 0 Å². The van der Waals surface area contributed by atoms with Crippen molar-refractivity contribution in [1.82, 2.24) is 9.21 Å². The van der Waals surface area contributed by atoms with Crippen molar-refractivity contribution >= 4 is 10.8 Å². The van der Waals surface area contributed by atoms with Gasteiger partial charge in [0.05, 0.1) is 7.11 Å². The third kappa shape index (κ3) is 3.32. The highest BCUT2D eigenvalue weighted by atomic mass is 32.3. The zero-order chi connectivity index (χ0) is 11.7. The summed E-state index contributed by atoms with van der Waals surface area (Å²) >= 11 is 0. The predicted molar refractivity (Wildman–Crippen MR) is 66.1 cm³/mol. The van der Waals surface area contributed by atoms with Gasteiger partial charge in [-0.3, -0.25) is 13.6 Å². The quantitative estimate of drug-likeness (QED) is 0.793. The zero-order valence-electron chi connectivity index (χ0n) is 10.5. The van der Waals surface area contributed by atoms with E-state index in [1.807, 2.05) is 0 Å². The molecular formula is C10H24N2O2S. The monoisotopic (exact) mass is 236 g/mol. The van der Waals surface area contributed by atoms with Crippen LogP contribution in [0.3, 0.4) is 0 Å². The van der Waals surface area contributed by atoms with E-state index in [0.29, 0.717) is 0 Å². The van der Waals surface area contributed by atoms with Gasteiger partial charge in [-0.2, -0.15) is 0 Å². The summed E-state index contributed by atoms with van der Waals surface area (Å²) in [5.74, 6) is 0. The highest BCUT2D eigenvalue weighted by Crippen LogP contribution is 2.44. The largest absolute Gasteiger partial charge is 0.296 e. The third-order valence-corrected chi connectivity index (χ3v) is 4.94. The molecule has 0 aromatic rings. The summed E-state index contributed by atoms with van der Waals surface area (Å²) in [6.07, 6.45) is 1.78. The molecule has 0 spiro atoms. The van der Waals surface area contributed by atoms with E-state index in [0.717, 1.165) is 26.2 Å². The van der Waals surface area contributed by atoms with Crippen LogP contribution in [-0.4, -0.2) is 58.8 Å². The van der Waals surface area contributed by atoms with Gasteiger partial charge in [0, 0.05) is 38.0 Å². The molecule has 5 heteroatoms. The summed E-state index contributed by atoms with van der Waals surface area (Å²) in [6, 6.07) is 0. The number of rotatable bonds is 2. The van der Waals surface area contributed by atoms with Crippen LogP contribution in [0.1, 0.15) is 20.8 Å². The van der Waals surface area contributed by atoms with Gasteiger partial charge in [-0.05, 0) is 20.8 Å². The first-order valence-electron chi connectivity index (χ1n) is 5.34. The van der Waals surface area contributed by atoms with Crippen LogP contribution in [0.2, 0.25) is 0 Å². The minimum absolute atomic E-state index is 0.223. The molecule has 92 valence electrons. The molecule has 1 aliphatic rings. The van der Waals surface area contributed by atoms with E-state index in [9.17, 15) is 4.55 Å². The van der Waals surface area contributed by atoms with Crippen molar-refractivity contribution in [3.8, 4) is 0 Å². The molecule has 1 N–H and O–H groups in total. The van der Waals surface area contributed by atoms with Crippen LogP contribution in [0.25, 0.3) is 0 Å². The SMILES string of the molecule is COS(C)(O)N1CCN(C(C)(C)C)CC1. The molecule has 1 atom stereocenters. The molecular weight excluding hydrogens is 212 g/mol. The smallest absolute Gasteiger partial charge is 0.0620 e. The van der Waals surface area contributed by atoms with Crippen molar-refractivity contribution < 1.29 is 8.74 Å². The Balaban J connectivity index is 2.50. The summed E-state index contributed by atoms with van der Waals surface area (Å²) in [6.45, 7) is 10.4. The van der Waals surface area contributed by atoms with Crippen LogP contribution in [0.15, 0.2) is 0 Å². The minimum Gasteiger partial charge on any atom is -0.296 e. The lowest BCUT2D eigenvalue weighted by atomic mass is 10.1. The predicted octanol–water partition coefficient (Wildman–Crippen LogP) is 1.79. The van der Waals surface area contributed by atoms with Crippen LogP contribution in [0.4, 0.5) is 0 Å². The molecule has 1 fully saturated rings. The van der Waals surface area contributed by atoms with Gasteiger partial charge >= 0.3 is 0 Å². The Bertz CT molecular complexity index is 208. The molecule has 0 radical (unpaired) electrons. The van der Waals surface area contributed by atoms with Crippen molar-refractivity contribution in [2.75, 3.05) is 39.5 Å². The van der Waals surface area contributed by atoms with Gasteiger partial charge < -0.3 is 0 Å². The van der Waals surface area contributed by atoms with E-state index >= 15 is 0 Å². The van der Waals surface area contributed by atoms with E-state index in [2.05, 4.69) is 30.0 Å². The summed E-state index contributed by atoms with van der Waals surface area (Å²) in [5.41, 5.74) is 0.223. The summed E-state index contributed by atoms with van der Waals surface area (Å²) in [5, 5.41) is 0. The summed E-state index contributed by atoms with van der Waals surface area (Å²) in [7, 11) is -0.409. The molecule has 15 heavy (non-hydrogen) atoms. The molecule has 1 heterocycles. The van der Waals surface area contributed by atoms with Gasteiger partial charge in [0.25, 0.3) is 0 Å². The Morgan fingerprint density at radius 2 is 1.60 bits per heavy atom. The molecule has 0 saturated carbocycles. The maximum Gasteiger partial charge on any atom is 0.0620 e. The van der Waals surface area contributed by atoms with Crippen molar-refractivity contribution in [2.45, 2.75) is 26.3 Å². The fraction of sp³-hybridized carbons (Fsp3) is 1.00. The van der Waals surface area contributed by atoms with Crippen LogP contribution in [-0.2, 0) is 4.18 Å². The number of hydrogen-bond donors (Lipinski definition) is 1. The molecule has 1 aliphatic heterocycles. The Labute approximate surface area is 95.1 Å². The number of hydrogen-bond acceptors (Lipinski definition) is 4. The van der Waals surface area contributed by atoms with Crippen molar-refractivity contribution in [3.05, 3.63) is 0 Å². The summed E-state index contributed by atoms with van der Waals surface area (Å²) < 4.78 is 17.2. The standard InChI is InChI=1S/C10H24N2O2S/c1-10(2,3)11-6-8-12(9-7-11)15(5,13)14-4/h13H,6-9H2,1-5H3. The lowest BCUT2D eigenvalue weighted by Crippen LogP contribution is -2.53. The molecule has 4 nitrogen and oxygen atoms in total. The van der Waals surface area contributed by atoms with Gasteiger partial charge in [0.15, 0.2) is 0 Å². The number of piperazine rings is 1. The van der Waals surface area contributed by atoms with Crippen LogP contribution in [0.5, 0.6) is 0 Å². The average molecular weight is 236 g/mol. The first kappa shape index (κ1) is 13.3. The van der Waals surface area contributed by atoms with Crippen LogP contribution < -0.4 is 0 Å². The highest BCUT2D eigenvalue weighted by Gasteiger charge is 2.30. The second-order valence-corrected chi connectivity index (χ2v) is 7.39. The van der Waals surface area contributed by atoms with Gasteiger partial charge in [-0.25, -0.2) is 4.31 Å². The highest BCUT2D eigenvalue weighted by molar-refractivity contribution is 8.22. The molecule has 0 aromatic heterocycles. The van der Waals surface area contributed by atoms with Crippen molar-refractivity contribution in [3.63, 3.8) is 0 Å². The van der Waals surface area contributed by atoms with E-state index < -0.39 is 10.8 Å². The fourth-order valence-corrected chi connectivity index (χ4v) is 2.85. The molecule has 0 amide bonds. The lowest BCUT2D eigenvalue weighted by Gasteiger charge is -2.49. The number of nitrogens with zero attached hydrogens (tertiary/aromatic N) is 2. The molecule has 0 aliphatic carbocycles. The third-order valence-electron chi connectivity index (χ3n) is 2.98. The topological polar surface area (TPSA) is 35.9 Å². The molecule has 0 aromatic carbocycles. The normalized spacial score (nSPS) is 27.3. The van der Waals surface area contributed by atoms with E-state index in [4.69, 9.17) is 4.18 Å². The molecule has 1 rings (SSSR count). The maximum atomic E-state index is 10.0. The zero-order valence-corrected chi connectivity index (χ0v) is 11.3. The van der Waals surface area contributed by atoms with E-state index in [1.165, 1.54) is 0 Å². The first-order chi connectivity index (χ1) is 6.77.